The summed E-state index contributed by atoms with van der Waals surface area (Å²) in [5, 5.41) is 7.81. The third kappa shape index (κ3) is 7.27. The van der Waals surface area contributed by atoms with Crippen molar-refractivity contribution in [3.8, 4) is 5.75 Å². The summed E-state index contributed by atoms with van der Waals surface area (Å²) < 4.78 is 5.84. The molecule has 0 aromatic heterocycles. The molecule has 0 saturated carbocycles. The largest absolute Gasteiger partial charge is 0.488 e. The fraction of sp³-hybridized carbons (Fsp3) is 0.0870. The summed E-state index contributed by atoms with van der Waals surface area (Å²) in [5.74, 6) is -0.487. The number of nitrogens with zero attached hydrogens (tertiary/aromatic N) is 1. The highest BCUT2D eigenvalue weighted by Gasteiger charge is 2.10. The molecule has 0 aliphatic heterocycles. The minimum absolute atomic E-state index is 0.301. The van der Waals surface area contributed by atoms with E-state index in [4.69, 9.17) is 39.5 Å². The van der Waals surface area contributed by atoms with Gasteiger partial charge in [0.2, 0.25) is 11.8 Å². The molecule has 0 saturated heterocycles. The van der Waals surface area contributed by atoms with E-state index in [1.807, 2.05) is 24.3 Å². The third-order valence-corrected chi connectivity index (χ3v) is 5.13. The number of hydrogen-bond acceptors (Lipinski definition) is 4. The second kappa shape index (κ2) is 11.5. The van der Waals surface area contributed by atoms with E-state index in [1.165, 1.54) is 12.3 Å². The molecule has 2 amide bonds. The van der Waals surface area contributed by atoms with Crippen LogP contribution >= 0.6 is 34.8 Å². The van der Waals surface area contributed by atoms with Crippen molar-refractivity contribution in [2.75, 3.05) is 5.32 Å². The lowest BCUT2D eigenvalue weighted by molar-refractivity contribution is -0.126. The van der Waals surface area contributed by atoms with E-state index < -0.39 is 18.2 Å². The van der Waals surface area contributed by atoms with Crippen molar-refractivity contribution in [1.82, 2.24) is 5.43 Å². The zero-order valence-electron chi connectivity index (χ0n) is 16.6. The van der Waals surface area contributed by atoms with Crippen molar-refractivity contribution in [2.24, 2.45) is 5.10 Å². The van der Waals surface area contributed by atoms with E-state index >= 15 is 0 Å². The molecular formula is C23H18Cl3N3O3. The molecule has 0 aliphatic carbocycles. The van der Waals surface area contributed by atoms with E-state index in [0.717, 1.165) is 5.56 Å². The Bertz CT molecular complexity index is 1130. The van der Waals surface area contributed by atoms with Crippen LogP contribution < -0.4 is 15.5 Å². The Morgan fingerprint density at radius 2 is 1.66 bits per heavy atom. The molecule has 0 aliphatic rings. The first-order valence-corrected chi connectivity index (χ1v) is 10.6. The molecule has 9 heteroatoms. The molecule has 32 heavy (non-hydrogen) atoms. The lowest BCUT2D eigenvalue weighted by Crippen LogP contribution is -2.24. The SMILES string of the molecule is O=C(CC(=O)Nc1ccc(Cl)c(Cl)c1)NN=Cc1ccccc1OCc1ccc(Cl)cc1. The molecule has 3 aromatic carbocycles. The number of anilines is 1. The monoisotopic (exact) mass is 489 g/mol. The number of nitrogens with one attached hydrogen (secondary N) is 2. The minimum Gasteiger partial charge on any atom is -0.488 e. The van der Waals surface area contributed by atoms with Gasteiger partial charge in [0.05, 0.1) is 16.3 Å². The quantitative estimate of drug-likeness (QED) is 0.241. The number of hydrazone groups is 1. The van der Waals surface area contributed by atoms with Crippen molar-refractivity contribution in [3.05, 3.63) is 92.9 Å². The molecule has 0 bridgehead atoms. The van der Waals surface area contributed by atoms with Crippen LogP contribution in [0.5, 0.6) is 5.75 Å². The number of halogens is 3. The summed E-state index contributed by atoms with van der Waals surface area (Å²) in [7, 11) is 0. The summed E-state index contributed by atoms with van der Waals surface area (Å²) in [6.45, 7) is 0.350. The van der Waals surface area contributed by atoms with Gasteiger partial charge in [0.25, 0.3) is 0 Å². The summed E-state index contributed by atoms with van der Waals surface area (Å²) in [6.07, 6.45) is 1.04. The van der Waals surface area contributed by atoms with Gasteiger partial charge in [-0.3, -0.25) is 9.59 Å². The maximum Gasteiger partial charge on any atom is 0.249 e. The fourth-order valence-corrected chi connectivity index (χ4v) is 3.02. The Labute approximate surface area is 200 Å². The van der Waals surface area contributed by atoms with Gasteiger partial charge in [-0.15, -0.1) is 0 Å². The van der Waals surface area contributed by atoms with Gasteiger partial charge in [-0.25, -0.2) is 5.43 Å². The molecule has 2 N–H and O–H groups in total. The molecule has 0 radical (unpaired) electrons. The van der Waals surface area contributed by atoms with Gasteiger partial charge in [-0.1, -0.05) is 59.1 Å². The fourth-order valence-electron chi connectivity index (χ4n) is 2.60. The van der Waals surface area contributed by atoms with Crippen LogP contribution in [0, 0.1) is 0 Å². The van der Waals surface area contributed by atoms with Gasteiger partial charge >= 0.3 is 0 Å². The van der Waals surface area contributed by atoms with Gasteiger partial charge < -0.3 is 10.1 Å². The van der Waals surface area contributed by atoms with Crippen LogP contribution in [0.4, 0.5) is 5.69 Å². The maximum atomic E-state index is 12.0. The second-order valence-electron chi connectivity index (χ2n) is 6.60. The van der Waals surface area contributed by atoms with Crippen LogP contribution in [0.15, 0.2) is 71.8 Å². The Hall–Kier alpha value is -3.06. The van der Waals surface area contributed by atoms with Gasteiger partial charge in [-0.2, -0.15) is 5.10 Å². The van der Waals surface area contributed by atoms with Crippen molar-refractivity contribution >= 4 is 58.5 Å². The first-order valence-electron chi connectivity index (χ1n) is 9.44. The van der Waals surface area contributed by atoms with Crippen LogP contribution in [-0.2, 0) is 16.2 Å². The molecule has 3 rings (SSSR count). The molecule has 3 aromatic rings. The standard InChI is InChI=1S/C23H18Cl3N3O3/c24-17-7-5-15(6-8-17)14-32-21-4-2-1-3-16(21)13-27-29-23(31)12-22(30)28-18-9-10-19(25)20(26)11-18/h1-11,13H,12,14H2,(H,28,30)(H,29,31). The molecule has 0 fully saturated rings. The average molecular weight is 491 g/mol. The average Bonchev–Trinajstić information content (AvgIpc) is 2.76. The van der Waals surface area contributed by atoms with Crippen LogP contribution in [0.3, 0.4) is 0 Å². The van der Waals surface area contributed by atoms with Crippen LogP contribution in [0.2, 0.25) is 15.1 Å². The third-order valence-electron chi connectivity index (χ3n) is 4.14. The van der Waals surface area contributed by atoms with E-state index in [9.17, 15) is 9.59 Å². The molecule has 0 unspecified atom stereocenters. The molecular weight excluding hydrogens is 473 g/mol. The van der Waals surface area contributed by atoms with Gasteiger partial charge in [0.1, 0.15) is 18.8 Å². The lowest BCUT2D eigenvalue weighted by atomic mass is 10.2. The number of amides is 2. The summed E-state index contributed by atoms with van der Waals surface area (Å²) in [4.78, 5) is 24.0. The number of ether oxygens (including phenoxy) is 1. The minimum atomic E-state index is -0.571. The maximum absolute atomic E-state index is 12.0. The van der Waals surface area contributed by atoms with E-state index in [0.29, 0.717) is 38.7 Å². The summed E-state index contributed by atoms with van der Waals surface area (Å²) in [5.41, 5.74) is 4.39. The smallest absolute Gasteiger partial charge is 0.249 e. The Morgan fingerprint density at radius 3 is 2.41 bits per heavy atom. The van der Waals surface area contributed by atoms with E-state index in [-0.39, 0.29) is 0 Å². The first kappa shape index (κ1) is 23.6. The molecule has 6 nitrogen and oxygen atoms in total. The molecule has 164 valence electrons. The lowest BCUT2D eigenvalue weighted by Gasteiger charge is -2.09. The molecule has 0 atom stereocenters. The number of carbonyl (C=O) groups is 2. The van der Waals surface area contributed by atoms with Crippen molar-refractivity contribution < 1.29 is 14.3 Å². The zero-order valence-corrected chi connectivity index (χ0v) is 18.9. The second-order valence-corrected chi connectivity index (χ2v) is 7.85. The van der Waals surface area contributed by atoms with Crippen molar-refractivity contribution in [2.45, 2.75) is 13.0 Å². The number of carbonyl (C=O) groups excluding carboxylic acids is 2. The van der Waals surface area contributed by atoms with Gasteiger partial charge in [-0.05, 0) is 48.0 Å². The van der Waals surface area contributed by atoms with Crippen LogP contribution in [-0.4, -0.2) is 18.0 Å². The highest BCUT2D eigenvalue weighted by Crippen LogP contribution is 2.25. The first-order chi connectivity index (χ1) is 15.4. The predicted molar refractivity (Wildman–Crippen MR) is 128 cm³/mol. The number of rotatable bonds is 8. The van der Waals surface area contributed by atoms with E-state index in [2.05, 4.69) is 15.8 Å². The topological polar surface area (TPSA) is 79.8 Å². The summed E-state index contributed by atoms with van der Waals surface area (Å²) in [6, 6.07) is 19.2. The Balaban J connectivity index is 1.51. The van der Waals surface area contributed by atoms with Gasteiger partial charge in [0, 0.05) is 16.3 Å². The van der Waals surface area contributed by atoms with Gasteiger partial charge in [0.15, 0.2) is 0 Å². The molecule has 0 heterocycles. The zero-order chi connectivity index (χ0) is 22.9. The highest BCUT2D eigenvalue weighted by molar-refractivity contribution is 6.42. The van der Waals surface area contributed by atoms with Crippen molar-refractivity contribution in [3.63, 3.8) is 0 Å². The van der Waals surface area contributed by atoms with Crippen LogP contribution in [0.25, 0.3) is 0 Å². The van der Waals surface area contributed by atoms with E-state index in [1.54, 1.807) is 36.4 Å². The Morgan fingerprint density at radius 1 is 0.906 bits per heavy atom. The molecule has 0 spiro atoms. The predicted octanol–water partition coefficient (Wildman–Crippen LogP) is 5.70. The normalized spacial score (nSPS) is 10.7. The summed E-state index contributed by atoms with van der Waals surface area (Å²) >= 11 is 17.6. The number of para-hydroxylation sites is 1. The number of hydrogen-bond donors (Lipinski definition) is 2. The van der Waals surface area contributed by atoms with Crippen LogP contribution in [0.1, 0.15) is 17.5 Å². The Kier molecular flexibility index (Phi) is 8.50. The highest BCUT2D eigenvalue weighted by atomic mass is 35.5. The number of benzene rings is 3. The van der Waals surface area contributed by atoms with Crippen molar-refractivity contribution in [1.29, 1.82) is 0 Å².